The molecule has 35 heavy (non-hydrogen) atoms. The summed E-state index contributed by atoms with van der Waals surface area (Å²) in [6, 6.07) is 0. The summed E-state index contributed by atoms with van der Waals surface area (Å²) in [7, 11) is 0. The number of amides is 1. The van der Waals surface area contributed by atoms with E-state index in [4.69, 9.17) is 34.9 Å². The molecule has 0 aliphatic rings. The number of alkyl halides is 6. The summed E-state index contributed by atoms with van der Waals surface area (Å²) in [6.07, 6.45) is -9.71. The van der Waals surface area contributed by atoms with E-state index in [1.54, 1.807) is 5.32 Å². The lowest BCUT2D eigenvalue weighted by Gasteiger charge is -2.08. The molecule has 0 aliphatic heterocycles. The third-order valence-corrected chi connectivity index (χ3v) is 2.77. The maximum absolute atomic E-state index is 11.7. The minimum atomic E-state index is -4.86. The second kappa shape index (κ2) is 25.3. The minimum absolute atomic E-state index is 0.0235. The first-order valence-corrected chi connectivity index (χ1v) is 10.2. The molecule has 0 spiro atoms. The maximum Gasteiger partial charge on any atom is 0.490 e. The molecular weight excluding hydrogens is 502 g/mol. The van der Waals surface area contributed by atoms with Crippen molar-refractivity contribution in [1.29, 1.82) is 0 Å². The van der Waals surface area contributed by atoms with Crippen LogP contribution in [0.25, 0.3) is 0 Å². The number of carbonyl (C=O) groups excluding carboxylic acids is 2. The van der Waals surface area contributed by atoms with Gasteiger partial charge in [-0.3, -0.25) is 4.79 Å². The summed E-state index contributed by atoms with van der Waals surface area (Å²) >= 11 is 0. The molecule has 0 saturated heterocycles. The van der Waals surface area contributed by atoms with Crippen LogP contribution in [-0.4, -0.2) is 120 Å². The molecule has 0 fully saturated rings. The number of hydrogen-bond acceptors (Lipinski definition) is 10. The van der Waals surface area contributed by atoms with Gasteiger partial charge in [0, 0.05) is 13.1 Å². The number of hydrogen-bond donors (Lipinski definition) is 4. The Morgan fingerprint density at radius 2 is 1.17 bits per heavy atom. The minimum Gasteiger partial charge on any atom is -0.459 e. The summed E-state index contributed by atoms with van der Waals surface area (Å²) in [5.41, 5.74) is 5.16. The second-order valence-corrected chi connectivity index (χ2v) is 5.66. The smallest absolute Gasteiger partial charge is 0.459 e. The van der Waals surface area contributed by atoms with E-state index in [1.807, 2.05) is 0 Å². The molecule has 17 heteroatoms. The Hall–Kier alpha value is -1.76. The number of aliphatic hydroxyl groups is 2. The molecule has 0 heterocycles. The lowest BCUT2D eigenvalue weighted by atomic mass is 10.5. The predicted octanol–water partition coefficient (Wildman–Crippen LogP) is -0.227. The van der Waals surface area contributed by atoms with E-state index in [1.165, 1.54) is 6.92 Å². The molecule has 0 aromatic rings. The van der Waals surface area contributed by atoms with Crippen LogP contribution in [0.4, 0.5) is 26.3 Å². The molecule has 0 atom stereocenters. The van der Waals surface area contributed by atoms with E-state index < -0.39 is 24.2 Å². The number of ether oxygens (including phenoxy) is 5. The molecule has 1 amide bonds. The van der Waals surface area contributed by atoms with Crippen LogP contribution in [-0.2, 0) is 33.3 Å². The van der Waals surface area contributed by atoms with Gasteiger partial charge >= 0.3 is 24.2 Å². The van der Waals surface area contributed by atoms with E-state index >= 15 is 0 Å². The average Bonchev–Trinajstić information content (AvgIpc) is 2.77. The van der Waals surface area contributed by atoms with Gasteiger partial charge in [0.25, 0.3) is 0 Å². The van der Waals surface area contributed by atoms with E-state index in [2.05, 4.69) is 4.74 Å². The quantitative estimate of drug-likeness (QED) is 0.118. The van der Waals surface area contributed by atoms with Crippen molar-refractivity contribution in [1.82, 2.24) is 5.32 Å². The number of rotatable bonds is 16. The molecule has 11 nitrogen and oxygen atoms in total. The molecule has 0 aliphatic carbocycles. The Morgan fingerprint density at radius 3 is 1.49 bits per heavy atom. The summed E-state index contributed by atoms with van der Waals surface area (Å²) in [5, 5.41) is 18.3. The molecule has 5 N–H and O–H groups in total. The van der Waals surface area contributed by atoms with Crippen molar-refractivity contribution >= 4 is 11.9 Å². The summed E-state index contributed by atoms with van der Waals surface area (Å²) in [4.78, 5) is 20.0. The number of aliphatic hydroxyl groups excluding tert-OH is 2. The fourth-order valence-electron chi connectivity index (χ4n) is 1.41. The predicted molar refractivity (Wildman–Crippen MR) is 108 cm³/mol. The van der Waals surface area contributed by atoms with Crippen LogP contribution in [0.1, 0.15) is 6.92 Å². The van der Waals surface area contributed by atoms with Gasteiger partial charge in [-0.25, -0.2) is 4.79 Å². The van der Waals surface area contributed by atoms with Crippen LogP contribution >= 0.6 is 0 Å². The second-order valence-electron chi connectivity index (χ2n) is 5.66. The first-order chi connectivity index (χ1) is 16.4. The Balaban J connectivity index is -0.000000466. The number of halogens is 6. The molecule has 0 aromatic heterocycles. The highest BCUT2D eigenvalue weighted by Crippen LogP contribution is 2.16. The molecule has 0 rings (SSSR count). The summed E-state index contributed by atoms with van der Waals surface area (Å²) in [6.45, 7) is 4.00. The highest BCUT2D eigenvalue weighted by Gasteiger charge is 2.40. The third kappa shape index (κ3) is 32.2. The molecule has 0 radical (unpaired) electrons. The van der Waals surface area contributed by atoms with Crippen molar-refractivity contribution in [2.45, 2.75) is 19.3 Å². The van der Waals surface area contributed by atoms with Crippen LogP contribution in [0.3, 0.4) is 0 Å². The van der Waals surface area contributed by atoms with E-state index in [0.29, 0.717) is 33.0 Å². The fourth-order valence-corrected chi connectivity index (χ4v) is 1.41. The highest BCUT2D eigenvalue weighted by molar-refractivity contribution is 5.81. The average molecular weight is 536 g/mol. The van der Waals surface area contributed by atoms with Gasteiger partial charge in [0.2, 0.25) is 0 Å². The van der Waals surface area contributed by atoms with Gasteiger partial charge < -0.3 is 44.9 Å². The van der Waals surface area contributed by atoms with Gasteiger partial charge in [-0.2, -0.15) is 26.3 Å². The number of nitrogens with two attached hydrogens (primary N) is 1. The SMILES string of the molecule is CCOC(=O)C(F)(F)F.NCCOCCOCCO.O=C(NCCOCCOCCO)C(F)(F)F. The van der Waals surface area contributed by atoms with Gasteiger partial charge in [0.05, 0.1) is 72.7 Å². The molecule has 212 valence electrons. The monoisotopic (exact) mass is 536 g/mol. The van der Waals surface area contributed by atoms with Crippen LogP contribution < -0.4 is 11.1 Å². The zero-order valence-corrected chi connectivity index (χ0v) is 19.3. The Kier molecular flexibility index (Phi) is 27.4. The van der Waals surface area contributed by atoms with Gasteiger partial charge in [-0.15, -0.1) is 0 Å². The van der Waals surface area contributed by atoms with Crippen molar-refractivity contribution in [2.75, 3.05) is 85.8 Å². The Labute approximate surface area is 198 Å². The summed E-state index contributed by atoms with van der Waals surface area (Å²) < 4.78 is 91.7. The first kappa shape index (κ1) is 37.8. The van der Waals surface area contributed by atoms with E-state index in [0.717, 1.165) is 0 Å². The van der Waals surface area contributed by atoms with Crippen molar-refractivity contribution in [3.05, 3.63) is 0 Å². The Bertz CT molecular complexity index is 490. The zero-order valence-electron chi connectivity index (χ0n) is 19.3. The fraction of sp³-hybridized carbons (Fsp3) is 0.889. The lowest BCUT2D eigenvalue weighted by molar-refractivity contribution is -0.199. The van der Waals surface area contributed by atoms with Crippen LogP contribution in [0.15, 0.2) is 0 Å². The highest BCUT2D eigenvalue weighted by atomic mass is 19.4. The molecule has 0 aromatic carbocycles. The molecular formula is C18H34F6N2O9. The van der Waals surface area contributed by atoms with Gasteiger partial charge in [-0.05, 0) is 6.92 Å². The first-order valence-electron chi connectivity index (χ1n) is 10.2. The van der Waals surface area contributed by atoms with Crippen molar-refractivity contribution in [2.24, 2.45) is 5.73 Å². The standard InChI is InChI=1S/C8H14F3NO4.C6H15NO3.C4H5F3O2/c9-8(10,11)7(14)12-1-3-15-5-6-16-4-2-13;7-1-3-9-5-6-10-4-2-8;1-2-9-3(8)4(5,6)7/h13H,1-6H2,(H,12,14);8H,1-7H2;2H2,1H3. The van der Waals surface area contributed by atoms with Gasteiger partial charge in [0.1, 0.15) is 0 Å². The molecule has 0 saturated carbocycles. The topological polar surface area (TPSA) is 159 Å². The largest absolute Gasteiger partial charge is 0.490 e. The maximum atomic E-state index is 11.7. The van der Waals surface area contributed by atoms with Crippen molar-refractivity contribution in [3.8, 4) is 0 Å². The van der Waals surface area contributed by atoms with Crippen molar-refractivity contribution in [3.63, 3.8) is 0 Å². The zero-order chi connectivity index (χ0) is 27.6. The van der Waals surface area contributed by atoms with Crippen LogP contribution in [0.5, 0.6) is 0 Å². The van der Waals surface area contributed by atoms with Crippen molar-refractivity contribution < 1.29 is 69.8 Å². The Morgan fingerprint density at radius 1 is 0.743 bits per heavy atom. The summed E-state index contributed by atoms with van der Waals surface area (Å²) in [5.74, 6) is -4.11. The third-order valence-electron chi connectivity index (χ3n) is 2.77. The molecule has 0 bridgehead atoms. The van der Waals surface area contributed by atoms with E-state index in [9.17, 15) is 35.9 Å². The van der Waals surface area contributed by atoms with Crippen LogP contribution in [0, 0.1) is 0 Å². The van der Waals surface area contributed by atoms with E-state index in [-0.39, 0.29) is 52.8 Å². The lowest BCUT2D eigenvalue weighted by Crippen LogP contribution is -2.38. The van der Waals surface area contributed by atoms with Gasteiger partial charge in [0.15, 0.2) is 0 Å². The van der Waals surface area contributed by atoms with Gasteiger partial charge in [-0.1, -0.05) is 0 Å². The molecule has 0 unspecified atom stereocenters. The number of nitrogens with one attached hydrogen (secondary N) is 1. The van der Waals surface area contributed by atoms with Crippen LogP contribution in [0.2, 0.25) is 0 Å². The number of esters is 1. The number of carbonyl (C=O) groups is 2. The normalized spacial score (nSPS) is 11.0.